The van der Waals surface area contributed by atoms with Crippen LogP contribution in [0.4, 0.5) is 0 Å². The summed E-state index contributed by atoms with van der Waals surface area (Å²) in [6.07, 6.45) is 1.40. The zero-order valence-electron chi connectivity index (χ0n) is 6.44. The number of nitrogens with one attached hydrogen (secondary N) is 1. The van der Waals surface area contributed by atoms with Crippen molar-refractivity contribution in [2.24, 2.45) is 0 Å². The van der Waals surface area contributed by atoms with Crippen molar-refractivity contribution in [1.29, 1.82) is 0 Å². The normalized spacial score (nSPS) is 23.6. The van der Waals surface area contributed by atoms with Gasteiger partial charge in [0.1, 0.15) is 5.78 Å². The summed E-state index contributed by atoms with van der Waals surface area (Å²) in [7, 11) is 0. The van der Waals surface area contributed by atoms with E-state index in [2.05, 4.69) is 19.2 Å². The monoisotopic (exact) mass is 163 g/mol. The molecule has 0 atom stereocenters. The third-order valence-electron chi connectivity index (χ3n) is 1.65. The fourth-order valence-corrected chi connectivity index (χ4v) is 1.18. The van der Waals surface area contributed by atoms with E-state index in [0.29, 0.717) is 18.6 Å². The van der Waals surface area contributed by atoms with E-state index in [4.69, 9.17) is 0 Å². The van der Waals surface area contributed by atoms with E-state index in [1.807, 2.05) is 0 Å². The van der Waals surface area contributed by atoms with Crippen LogP contribution in [0.25, 0.3) is 0 Å². The van der Waals surface area contributed by atoms with Crippen LogP contribution in [0, 0.1) is 0 Å². The average Bonchev–Trinajstić information content (AvgIpc) is 1.60. The molecule has 1 aliphatic rings. The standard InChI is InChI=1S/C7H13NO.ClH/c1-7(2)5-6(9)3-4-8-7;/h8H,3-5H2,1-2H3;1H. The molecule has 1 N–H and O–H groups in total. The van der Waals surface area contributed by atoms with E-state index < -0.39 is 0 Å². The maximum atomic E-state index is 10.8. The molecule has 0 aromatic rings. The molecule has 10 heavy (non-hydrogen) atoms. The molecule has 0 aromatic carbocycles. The van der Waals surface area contributed by atoms with Gasteiger partial charge in [-0.25, -0.2) is 0 Å². The molecule has 2 nitrogen and oxygen atoms in total. The number of piperidine rings is 1. The number of hydrogen-bond donors (Lipinski definition) is 1. The van der Waals surface area contributed by atoms with Gasteiger partial charge in [-0.1, -0.05) is 0 Å². The Morgan fingerprint density at radius 3 is 2.40 bits per heavy atom. The minimum absolute atomic E-state index is 0. The quantitative estimate of drug-likeness (QED) is 0.581. The van der Waals surface area contributed by atoms with Crippen LogP contribution in [0.3, 0.4) is 0 Å². The lowest BCUT2D eigenvalue weighted by Gasteiger charge is -2.29. The fourth-order valence-electron chi connectivity index (χ4n) is 1.18. The van der Waals surface area contributed by atoms with Crippen molar-refractivity contribution in [3.8, 4) is 0 Å². The van der Waals surface area contributed by atoms with E-state index in [1.165, 1.54) is 0 Å². The number of Topliss-reactive ketones (excluding diaryl/α,β-unsaturated/α-hetero) is 1. The Morgan fingerprint density at radius 2 is 2.10 bits per heavy atom. The van der Waals surface area contributed by atoms with Gasteiger partial charge in [-0.2, -0.15) is 0 Å². The molecule has 0 aliphatic carbocycles. The second-order valence-electron chi connectivity index (χ2n) is 3.28. The summed E-state index contributed by atoms with van der Waals surface area (Å²) in [6, 6.07) is 0. The van der Waals surface area contributed by atoms with E-state index in [0.717, 1.165) is 6.54 Å². The van der Waals surface area contributed by atoms with Gasteiger partial charge in [0, 0.05) is 24.9 Å². The highest BCUT2D eigenvalue weighted by Gasteiger charge is 2.24. The highest BCUT2D eigenvalue weighted by atomic mass is 35.5. The molecule has 0 saturated carbocycles. The summed E-state index contributed by atoms with van der Waals surface area (Å²) in [5.41, 5.74) is 0.0509. The lowest BCUT2D eigenvalue weighted by molar-refractivity contribution is -0.121. The Kier molecular flexibility index (Phi) is 3.33. The number of halogens is 1. The maximum absolute atomic E-state index is 10.8. The maximum Gasteiger partial charge on any atom is 0.135 e. The third-order valence-corrected chi connectivity index (χ3v) is 1.65. The fraction of sp³-hybridized carbons (Fsp3) is 0.857. The number of carbonyl (C=O) groups is 1. The molecule has 0 aromatic heterocycles. The van der Waals surface area contributed by atoms with Gasteiger partial charge in [0.2, 0.25) is 0 Å². The van der Waals surface area contributed by atoms with E-state index in [1.54, 1.807) is 0 Å². The SMILES string of the molecule is CC1(C)CC(=O)CCN1.Cl. The predicted molar refractivity (Wildman–Crippen MR) is 43.6 cm³/mol. The first-order valence-electron chi connectivity index (χ1n) is 3.37. The van der Waals surface area contributed by atoms with Gasteiger partial charge in [-0.15, -0.1) is 12.4 Å². The van der Waals surface area contributed by atoms with Crippen LogP contribution in [0.2, 0.25) is 0 Å². The summed E-state index contributed by atoms with van der Waals surface area (Å²) in [5, 5.41) is 3.27. The van der Waals surface area contributed by atoms with Gasteiger partial charge in [0.25, 0.3) is 0 Å². The molecule has 1 fully saturated rings. The number of rotatable bonds is 0. The topological polar surface area (TPSA) is 29.1 Å². The highest BCUT2D eigenvalue weighted by molar-refractivity contribution is 5.85. The largest absolute Gasteiger partial charge is 0.311 e. The Morgan fingerprint density at radius 1 is 1.50 bits per heavy atom. The first kappa shape index (κ1) is 9.92. The molecular formula is C7H14ClNO. The minimum atomic E-state index is 0. The van der Waals surface area contributed by atoms with Crippen LogP contribution in [-0.4, -0.2) is 17.9 Å². The summed E-state index contributed by atoms with van der Waals surface area (Å²) in [6.45, 7) is 4.97. The Hall–Kier alpha value is -0.0800. The lowest BCUT2D eigenvalue weighted by Crippen LogP contribution is -2.46. The van der Waals surface area contributed by atoms with Crippen LogP contribution in [0.1, 0.15) is 26.7 Å². The second kappa shape index (κ2) is 3.35. The third kappa shape index (κ3) is 2.67. The Bertz CT molecular complexity index is 134. The van der Waals surface area contributed by atoms with Gasteiger partial charge in [-0.3, -0.25) is 4.79 Å². The molecule has 3 heteroatoms. The summed E-state index contributed by atoms with van der Waals surface area (Å²) >= 11 is 0. The van der Waals surface area contributed by atoms with Crippen molar-refractivity contribution in [2.75, 3.05) is 6.54 Å². The molecule has 60 valence electrons. The Labute approximate surface area is 67.8 Å². The molecule has 0 bridgehead atoms. The van der Waals surface area contributed by atoms with Crippen molar-refractivity contribution in [3.05, 3.63) is 0 Å². The van der Waals surface area contributed by atoms with Crippen LogP contribution in [0.15, 0.2) is 0 Å². The zero-order chi connectivity index (χ0) is 6.91. The summed E-state index contributed by atoms with van der Waals surface area (Å²) in [5.74, 6) is 0.388. The van der Waals surface area contributed by atoms with Crippen LogP contribution < -0.4 is 5.32 Å². The van der Waals surface area contributed by atoms with Crippen molar-refractivity contribution < 1.29 is 4.79 Å². The number of hydrogen-bond acceptors (Lipinski definition) is 2. The van der Waals surface area contributed by atoms with Crippen molar-refractivity contribution in [3.63, 3.8) is 0 Å². The molecule has 0 spiro atoms. The predicted octanol–water partition coefficient (Wildman–Crippen LogP) is 1.14. The van der Waals surface area contributed by atoms with Gasteiger partial charge in [0.15, 0.2) is 0 Å². The molecule has 1 aliphatic heterocycles. The molecule has 0 radical (unpaired) electrons. The minimum Gasteiger partial charge on any atom is -0.311 e. The molecule has 1 heterocycles. The van der Waals surface area contributed by atoms with Gasteiger partial charge in [-0.05, 0) is 13.8 Å². The molecule has 1 rings (SSSR count). The van der Waals surface area contributed by atoms with E-state index >= 15 is 0 Å². The van der Waals surface area contributed by atoms with Crippen molar-refractivity contribution >= 4 is 18.2 Å². The Balaban J connectivity index is 0.000000810. The summed E-state index contributed by atoms with van der Waals surface area (Å²) in [4.78, 5) is 10.8. The van der Waals surface area contributed by atoms with Crippen LogP contribution in [0.5, 0.6) is 0 Å². The van der Waals surface area contributed by atoms with Gasteiger partial charge in [0.05, 0.1) is 0 Å². The van der Waals surface area contributed by atoms with Crippen molar-refractivity contribution in [1.82, 2.24) is 5.32 Å². The van der Waals surface area contributed by atoms with Gasteiger partial charge >= 0.3 is 0 Å². The second-order valence-corrected chi connectivity index (χ2v) is 3.28. The smallest absolute Gasteiger partial charge is 0.135 e. The van der Waals surface area contributed by atoms with E-state index in [-0.39, 0.29) is 17.9 Å². The first-order chi connectivity index (χ1) is 4.10. The summed E-state index contributed by atoms with van der Waals surface area (Å²) < 4.78 is 0. The molecule has 0 amide bonds. The van der Waals surface area contributed by atoms with Gasteiger partial charge < -0.3 is 5.32 Å². The highest BCUT2D eigenvalue weighted by Crippen LogP contribution is 2.13. The molecule has 1 saturated heterocycles. The lowest BCUT2D eigenvalue weighted by atomic mass is 9.92. The van der Waals surface area contributed by atoms with Crippen LogP contribution >= 0.6 is 12.4 Å². The number of carbonyl (C=O) groups excluding carboxylic acids is 1. The molecule has 0 unspecified atom stereocenters. The molecular weight excluding hydrogens is 150 g/mol. The van der Waals surface area contributed by atoms with Crippen molar-refractivity contribution in [2.45, 2.75) is 32.2 Å². The zero-order valence-corrected chi connectivity index (χ0v) is 7.25. The first-order valence-corrected chi connectivity index (χ1v) is 3.37. The number of ketones is 1. The van der Waals surface area contributed by atoms with E-state index in [9.17, 15) is 4.79 Å². The average molecular weight is 164 g/mol. The van der Waals surface area contributed by atoms with Crippen LogP contribution in [-0.2, 0) is 4.79 Å².